The zero-order chi connectivity index (χ0) is 14.6. The SMILES string of the molecule is CCCCN(CCCC)CCCOc1ccc(Cl)cc1. The third-order valence-corrected chi connectivity index (χ3v) is 3.61. The highest BCUT2D eigenvalue weighted by molar-refractivity contribution is 6.30. The van der Waals surface area contributed by atoms with Gasteiger partial charge in [-0.1, -0.05) is 38.3 Å². The lowest BCUT2D eigenvalue weighted by atomic mass is 10.2. The highest BCUT2D eigenvalue weighted by atomic mass is 35.5. The number of nitrogens with zero attached hydrogens (tertiary/aromatic N) is 1. The Kier molecular flexibility index (Phi) is 9.52. The summed E-state index contributed by atoms with van der Waals surface area (Å²) in [4.78, 5) is 2.57. The van der Waals surface area contributed by atoms with E-state index in [4.69, 9.17) is 16.3 Å². The average molecular weight is 298 g/mol. The van der Waals surface area contributed by atoms with E-state index in [0.717, 1.165) is 30.3 Å². The minimum Gasteiger partial charge on any atom is -0.494 e. The maximum atomic E-state index is 5.85. The van der Waals surface area contributed by atoms with Gasteiger partial charge in [-0.25, -0.2) is 0 Å². The van der Waals surface area contributed by atoms with E-state index in [0.29, 0.717) is 0 Å². The number of benzene rings is 1. The molecule has 2 nitrogen and oxygen atoms in total. The van der Waals surface area contributed by atoms with Gasteiger partial charge in [-0.05, 0) is 56.6 Å². The number of hydrogen-bond donors (Lipinski definition) is 0. The minimum atomic E-state index is 0.752. The molecule has 114 valence electrons. The van der Waals surface area contributed by atoms with Crippen LogP contribution in [0.5, 0.6) is 5.75 Å². The van der Waals surface area contributed by atoms with Crippen molar-refractivity contribution in [2.75, 3.05) is 26.2 Å². The van der Waals surface area contributed by atoms with Gasteiger partial charge in [-0.3, -0.25) is 0 Å². The fraction of sp³-hybridized carbons (Fsp3) is 0.647. The van der Waals surface area contributed by atoms with Crippen molar-refractivity contribution in [1.29, 1.82) is 0 Å². The van der Waals surface area contributed by atoms with Crippen molar-refractivity contribution in [3.63, 3.8) is 0 Å². The first-order chi connectivity index (χ1) is 9.76. The van der Waals surface area contributed by atoms with Crippen molar-refractivity contribution in [2.24, 2.45) is 0 Å². The third-order valence-electron chi connectivity index (χ3n) is 3.36. The molecule has 0 spiro atoms. The van der Waals surface area contributed by atoms with Gasteiger partial charge in [-0.15, -0.1) is 0 Å². The Hall–Kier alpha value is -0.730. The topological polar surface area (TPSA) is 12.5 Å². The molecule has 0 bridgehead atoms. The van der Waals surface area contributed by atoms with Gasteiger partial charge in [0.1, 0.15) is 5.75 Å². The Balaban J connectivity index is 2.19. The lowest BCUT2D eigenvalue weighted by molar-refractivity contribution is 0.229. The van der Waals surface area contributed by atoms with Crippen LogP contribution in [0, 0.1) is 0 Å². The molecule has 0 radical (unpaired) electrons. The molecule has 0 atom stereocenters. The maximum Gasteiger partial charge on any atom is 0.119 e. The number of ether oxygens (including phenoxy) is 1. The van der Waals surface area contributed by atoms with Crippen LogP contribution >= 0.6 is 11.6 Å². The number of halogens is 1. The summed E-state index contributed by atoms with van der Waals surface area (Å²) in [6.45, 7) is 8.85. The van der Waals surface area contributed by atoms with E-state index in [-0.39, 0.29) is 0 Å². The molecule has 3 heteroatoms. The summed E-state index contributed by atoms with van der Waals surface area (Å²) >= 11 is 5.85. The van der Waals surface area contributed by atoms with Gasteiger partial charge in [0, 0.05) is 11.6 Å². The molecule has 0 aliphatic rings. The molecule has 0 aliphatic heterocycles. The second-order valence-corrected chi connectivity index (χ2v) is 5.64. The fourth-order valence-corrected chi connectivity index (χ4v) is 2.23. The van der Waals surface area contributed by atoms with Crippen molar-refractivity contribution in [1.82, 2.24) is 4.90 Å². The van der Waals surface area contributed by atoms with E-state index in [9.17, 15) is 0 Å². The van der Waals surface area contributed by atoms with E-state index in [2.05, 4.69) is 18.7 Å². The van der Waals surface area contributed by atoms with E-state index in [1.54, 1.807) is 0 Å². The normalized spacial score (nSPS) is 11.0. The first kappa shape index (κ1) is 17.3. The van der Waals surface area contributed by atoms with Gasteiger partial charge in [0.25, 0.3) is 0 Å². The van der Waals surface area contributed by atoms with E-state index in [1.165, 1.54) is 38.8 Å². The predicted octanol–water partition coefficient (Wildman–Crippen LogP) is 5.01. The molecule has 0 fully saturated rings. The summed E-state index contributed by atoms with van der Waals surface area (Å²) < 4.78 is 5.74. The zero-order valence-electron chi connectivity index (χ0n) is 12.9. The highest BCUT2D eigenvalue weighted by Gasteiger charge is 2.03. The van der Waals surface area contributed by atoms with Crippen molar-refractivity contribution in [3.8, 4) is 5.75 Å². The van der Waals surface area contributed by atoms with Crippen molar-refractivity contribution in [3.05, 3.63) is 29.3 Å². The Morgan fingerprint density at radius 1 is 0.900 bits per heavy atom. The Bertz CT molecular complexity index is 331. The Morgan fingerprint density at radius 2 is 1.45 bits per heavy atom. The fourth-order valence-electron chi connectivity index (χ4n) is 2.11. The summed E-state index contributed by atoms with van der Waals surface area (Å²) in [7, 11) is 0. The van der Waals surface area contributed by atoms with E-state index in [1.807, 2.05) is 24.3 Å². The molecule has 0 unspecified atom stereocenters. The standard InChI is InChI=1S/C17H28ClNO/c1-3-5-12-19(13-6-4-2)14-7-15-20-17-10-8-16(18)9-11-17/h8-11H,3-7,12-15H2,1-2H3. The van der Waals surface area contributed by atoms with Crippen LogP contribution < -0.4 is 4.74 Å². The molecule has 1 rings (SSSR count). The summed E-state index contributed by atoms with van der Waals surface area (Å²) in [5.74, 6) is 0.906. The summed E-state index contributed by atoms with van der Waals surface area (Å²) in [6, 6.07) is 7.58. The number of hydrogen-bond acceptors (Lipinski definition) is 2. The molecule has 0 saturated carbocycles. The van der Waals surface area contributed by atoms with Crippen LogP contribution in [0.3, 0.4) is 0 Å². The van der Waals surface area contributed by atoms with Crippen LogP contribution in [0.1, 0.15) is 46.0 Å². The first-order valence-corrected chi connectivity index (χ1v) is 8.24. The largest absolute Gasteiger partial charge is 0.494 e. The van der Waals surface area contributed by atoms with Crippen molar-refractivity contribution < 1.29 is 4.74 Å². The average Bonchev–Trinajstić information content (AvgIpc) is 2.47. The molecule has 0 aliphatic carbocycles. The molecule has 1 aromatic carbocycles. The maximum absolute atomic E-state index is 5.85. The zero-order valence-corrected chi connectivity index (χ0v) is 13.7. The molecule has 0 saturated heterocycles. The van der Waals surface area contributed by atoms with Crippen LogP contribution in [-0.4, -0.2) is 31.1 Å². The molecular formula is C17H28ClNO. The second-order valence-electron chi connectivity index (χ2n) is 5.20. The summed E-state index contributed by atoms with van der Waals surface area (Å²) in [5, 5.41) is 0.752. The molecule has 20 heavy (non-hydrogen) atoms. The molecule has 0 amide bonds. The van der Waals surface area contributed by atoms with Crippen LogP contribution in [0.2, 0.25) is 5.02 Å². The molecular weight excluding hydrogens is 270 g/mol. The predicted molar refractivity (Wildman–Crippen MR) is 87.8 cm³/mol. The Labute approximate surface area is 129 Å². The summed E-state index contributed by atoms with van der Waals surface area (Å²) in [6.07, 6.45) is 6.20. The van der Waals surface area contributed by atoms with Crippen LogP contribution in [0.25, 0.3) is 0 Å². The molecule has 0 aromatic heterocycles. The lowest BCUT2D eigenvalue weighted by Gasteiger charge is -2.21. The van der Waals surface area contributed by atoms with Crippen LogP contribution in [-0.2, 0) is 0 Å². The van der Waals surface area contributed by atoms with Gasteiger partial charge in [0.2, 0.25) is 0 Å². The number of unbranched alkanes of at least 4 members (excludes halogenated alkanes) is 2. The van der Waals surface area contributed by atoms with Crippen LogP contribution in [0.15, 0.2) is 24.3 Å². The van der Waals surface area contributed by atoms with Crippen LogP contribution in [0.4, 0.5) is 0 Å². The van der Waals surface area contributed by atoms with Crippen molar-refractivity contribution >= 4 is 11.6 Å². The summed E-state index contributed by atoms with van der Waals surface area (Å²) in [5.41, 5.74) is 0. The highest BCUT2D eigenvalue weighted by Crippen LogP contribution is 2.15. The second kappa shape index (κ2) is 11.0. The van der Waals surface area contributed by atoms with Gasteiger partial charge in [0.05, 0.1) is 6.61 Å². The van der Waals surface area contributed by atoms with E-state index < -0.39 is 0 Å². The number of rotatable bonds is 11. The van der Waals surface area contributed by atoms with Crippen molar-refractivity contribution in [2.45, 2.75) is 46.0 Å². The molecule has 1 aromatic rings. The monoisotopic (exact) mass is 297 g/mol. The third kappa shape index (κ3) is 7.76. The first-order valence-electron chi connectivity index (χ1n) is 7.87. The molecule has 0 N–H and O–H groups in total. The van der Waals surface area contributed by atoms with Gasteiger partial charge in [-0.2, -0.15) is 0 Å². The Morgan fingerprint density at radius 3 is 2.00 bits per heavy atom. The van der Waals surface area contributed by atoms with E-state index >= 15 is 0 Å². The van der Waals surface area contributed by atoms with Gasteiger partial charge < -0.3 is 9.64 Å². The quantitative estimate of drug-likeness (QED) is 0.532. The lowest BCUT2D eigenvalue weighted by Crippen LogP contribution is -2.28. The minimum absolute atomic E-state index is 0.752. The van der Waals surface area contributed by atoms with Gasteiger partial charge in [0.15, 0.2) is 0 Å². The van der Waals surface area contributed by atoms with Gasteiger partial charge >= 0.3 is 0 Å². The smallest absolute Gasteiger partial charge is 0.119 e. The molecule has 0 heterocycles.